The maximum Gasteiger partial charge on any atom is 0.221 e. The highest BCUT2D eigenvalue weighted by molar-refractivity contribution is 5.88. The Kier molecular flexibility index (Phi) is 5.40. The van der Waals surface area contributed by atoms with Crippen LogP contribution in [0.1, 0.15) is 58.6 Å². The molecular formula is C18H28N2O. The summed E-state index contributed by atoms with van der Waals surface area (Å²) in [5.41, 5.74) is 2.10. The average molecular weight is 288 g/mol. The monoisotopic (exact) mass is 288 g/mol. The van der Waals surface area contributed by atoms with Crippen LogP contribution in [-0.2, 0) is 4.79 Å². The van der Waals surface area contributed by atoms with Gasteiger partial charge in [0.25, 0.3) is 0 Å². The van der Waals surface area contributed by atoms with E-state index in [2.05, 4.69) is 43.5 Å². The number of nitrogens with one attached hydrogen (secondary N) is 2. The molecule has 0 saturated heterocycles. The van der Waals surface area contributed by atoms with Crippen molar-refractivity contribution < 1.29 is 4.79 Å². The van der Waals surface area contributed by atoms with E-state index < -0.39 is 0 Å². The Labute approximate surface area is 128 Å². The van der Waals surface area contributed by atoms with Gasteiger partial charge < -0.3 is 10.6 Å². The van der Waals surface area contributed by atoms with Crippen LogP contribution in [0.5, 0.6) is 0 Å². The zero-order chi connectivity index (χ0) is 15.4. The fourth-order valence-corrected chi connectivity index (χ4v) is 3.32. The van der Waals surface area contributed by atoms with Crippen LogP contribution >= 0.6 is 0 Å². The minimum Gasteiger partial charge on any atom is -0.326 e. The van der Waals surface area contributed by atoms with E-state index in [9.17, 15) is 4.79 Å². The fourth-order valence-electron chi connectivity index (χ4n) is 3.32. The lowest BCUT2D eigenvalue weighted by Crippen LogP contribution is -2.41. The second-order valence-corrected chi connectivity index (χ2v) is 6.57. The molecule has 1 fully saturated rings. The van der Waals surface area contributed by atoms with Crippen molar-refractivity contribution in [2.24, 2.45) is 11.8 Å². The van der Waals surface area contributed by atoms with E-state index in [0.29, 0.717) is 12.1 Å². The van der Waals surface area contributed by atoms with Gasteiger partial charge in [0.2, 0.25) is 5.91 Å². The molecular weight excluding hydrogens is 260 g/mol. The molecule has 0 aliphatic heterocycles. The molecule has 4 unspecified atom stereocenters. The van der Waals surface area contributed by atoms with E-state index in [-0.39, 0.29) is 5.91 Å². The Morgan fingerprint density at radius 2 is 2.05 bits per heavy atom. The number of hydrogen-bond acceptors (Lipinski definition) is 2. The molecule has 1 amide bonds. The first-order chi connectivity index (χ1) is 9.97. The largest absolute Gasteiger partial charge is 0.326 e. The number of hydrogen-bond donors (Lipinski definition) is 2. The van der Waals surface area contributed by atoms with E-state index in [1.807, 2.05) is 12.1 Å². The second-order valence-electron chi connectivity index (χ2n) is 6.57. The molecule has 0 heterocycles. The number of amides is 1. The number of carbonyl (C=O) groups is 1. The minimum absolute atomic E-state index is 0.0255. The van der Waals surface area contributed by atoms with Gasteiger partial charge in [0.1, 0.15) is 0 Å². The Morgan fingerprint density at radius 3 is 2.76 bits per heavy atom. The molecule has 1 aromatic carbocycles. The highest BCUT2D eigenvalue weighted by Crippen LogP contribution is 2.31. The van der Waals surface area contributed by atoms with Gasteiger partial charge in [-0.15, -0.1) is 0 Å². The predicted octanol–water partition coefficient (Wildman–Crippen LogP) is 4.12. The molecule has 1 aliphatic rings. The summed E-state index contributed by atoms with van der Waals surface area (Å²) in [6, 6.07) is 9.02. The molecule has 1 saturated carbocycles. The maximum atomic E-state index is 11.2. The molecule has 0 spiro atoms. The first kappa shape index (κ1) is 16.0. The standard InChI is InChI=1S/C18H28N2O/c1-12-7-5-10-18(13(12)2)19-14(3)16-8-6-9-17(11-16)20-15(4)21/h6,8-9,11-14,18-19H,5,7,10H2,1-4H3,(H,20,21). The summed E-state index contributed by atoms with van der Waals surface area (Å²) in [5, 5.41) is 6.64. The summed E-state index contributed by atoms with van der Waals surface area (Å²) < 4.78 is 0. The van der Waals surface area contributed by atoms with Crippen LogP contribution < -0.4 is 10.6 Å². The number of anilines is 1. The summed E-state index contributed by atoms with van der Waals surface area (Å²) in [6.07, 6.45) is 3.94. The predicted molar refractivity (Wildman–Crippen MR) is 88.3 cm³/mol. The number of rotatable bonds is 4. The van der Waals surface area contributed by atoms with Gasteiger partial charge in [0.15, 0.2) is 0 Å². The number of benzene rings is 1. The van der Waals surface area contributed by atoms with E-state index in [1.165, 1.54) is 24.8 Å². The van der Waals surface area contributed by atoms with Crippen molar-refractivity contribution in [3.63, 3.8) is 0 Å². The van der Waals surface area contributed by atoms with Crippen LogP contribution in [0.4, 0.5) is 5.69 Å². The third-order valence-electron chi connectivity index (χ3n) is 4.88. The molecule has 1 aliphatic carbocycles. The molecule has 2 N–H and O–H groups in total. The van der Waals surface area contributed by atoms with E-state index >= 15 is 0 Å². The lowest BCUT2D eigenvalue weighted by Gasteiger charge is -2.36. The molecule has 2 rings (SSSR count). The van der Waals surface area contributed by atoms with Gasteiger partial charge in [-0.2, -0.15) is 0 Å². The van der Waals surface area contributed by atoms with Crippen molar-refractivity contribution in [1.29, 1.82) is 0 Å². The first-order valence-electron chi connectivity index (χ1n) is 8.11. The van der Waals surface area contributed by atoms with Gasteiger partial charge >= 0.3 is 0 Å². The first-order valence-corrected chi connectivity index (χ1v) is 8.11. The van der Waals surface area contributed by atoms with Gasteiger partial charge in [-0.25, -0.2) is 0 Å². The second kappa shape index (κ2) is 7.08. The Balaban J connectivity index is 2.02. The SMILES string of the molecule is CC(=O)Nc1cccc(C(C)NC2CCCC(C)C2C)c1. The molecule has 1 aromatic rings. The van der Waals surface area contributed by atoms with Crippen LogP contribution in [-0.4, -0.2) is 11.9 Å². The molecule has 3 nitrogen and oxygen atoms in total. The Bertz CT molecular complexity index is 486. The van der Waals surface area contributed by atoms with Gasteiger partial charge in [-0.05, 0) is 42.9 Å². The Hall–Kier alpha value is -1.35. The van der Waals surface area contributed by atoms with Crippen LogP contribution in [0.3, 0.4) is 0 Å². The molecule has 116 valence electrons. The van der Waals surface area contributed by atoms with Crippen molar-refractivity contribution in [1.82, 2.24) is 5.32 Å². The third-order valence-corrected chi connectivity index (χ3v) is 4.88. The topological polar surface area (TPSA) is 41.1 Å². The zero-order valence-electron chi connectivity index (χ0n) is 13.6. The average Bonchev–Trinajstić information content (AvgIpc) is 2.43. The van der Waals surface area contributed by atoms with Crippen LogP contribution in [0.2, 0.25) is 0 Å². The molecule has 0 aromatic heterocycles. The van der Waals surface area contributed by atoms with Crippen molar-refractivity contribution in [3.8, 4) is 0 Å². The van der Waals surface area contributed by atoms with Gasteiger partial charge in [0.05, 0.1) is 0 Å². The van der Waals surface area contributed by atoms with Crippen molar-refractivity contribution in [3.05, 3.63) is 29.8 Å². The van der Waals surface area contributed by atoms with Gasteiger partial charge in [0, 0.05) is 24.7 Å². The summed E-state index contributed by atoms with van der Waals surface area (Å²) in [4.78, 5) is 11.2. The Morgan fingerprint density at radius 1 is 1.29 bits per heavy atom. The van der Waals surface area contributed by atoms with Crippen LogP contribution in [0, 0.1) is 11.8 Å². The lowest BCUT2D eigenvalue weighted by molar-refractivity contribution is -0.114. The zero-order valence-corrected chi connectivity index (χ0v) is 13.6. The molecule has 4 atom stereocenters. The highest BCUT2D eigenvalue weighted by atomic mass is 16.1. The van der Waals surface area contributed by atoms with Crippen molar-refractivity contribution in [2.45, 2.75) is 59.0 Å². The van der Waals surface area contributed by atoms with E-state index in [1.54, 1.807) is 6.92 Å². The third kappa shape index (κ3) is 4.31. The van der Waals surface area contributed by atoms with E-state index in [4.69, 9.17) is 0 Å². The summed E-state index contributed by atoms with van der Waals surface area (Å²) in [7, 11) is 0. The lowest BCUT2D eigenvalue weighted by atomic mass is 9.77. The summed E-state index contributed by atoms with van der Waals surface area (Å²) in [6.45, 7) is 8.47. The smallest absolute Gasteiger partial charge is 0.221 e. The van der Waals surface area contributed by atoms with Crippen LogP contribution in [0.25, 0.3) is 0 Å². The molecule has 0 radical (unpaired) electrons. The van der Waals surface area contributed by atoms with E-state index in [0.717, 1.165) is 17.5 Å². The molecule has 0 bridgehead atoms. The number of carbonyl (C=O) groups excluding carboxylic acids is 1. The van der Waals surface area contributed by atoms with Crippen molar-refractivity contribution >= 4 is 11.6 Å². The normalized spacial score (nSPS) is 27.1. The van der Waals surface area contributed by atoms with Gasteiger partial charge in [-0.1, -0.05) is 38.8 Å². The fraction of sp³-hybridized carbons (Fsp3) is 0.611. The molecule has 3 heteroatoms. The summed E-state index contributed by atoms with van der Waals surface area (Å²) >= 11 is 0. The maximum absolute atomic E-state index is 11.2. The van der Waals surface area contributed by atoms with Crippen molar-refractivity contribution in [2.75, 3.05) is 5.32 Å². The highest BCUT2D eigenvalue weighted by Gasteiger charge is 2.27. The minimum atomic E-state index is -0.0255. The summed E-state index contributed by atoms with van der Waals surface area (Å²) in [5.74, 6) is 1.50. The quantitative estimate of drug-likeness (QED) is 0.875. The molecule has 21 heavy (non-hydrogen) atoms. The van der Waals surface area contributed by atoms with Crippen LogP contribution in [0.15, 0.2) is 24.3 Å². The van der Waals surface area contributed by atoms with Gasteiger partial charge in [-0.3, -0.25) is 4.79 Å².